The number of carbonyl (C=O) groups excluding carboxylic acids is 2. The Morgan fingerprint density at radius 3 is 2.73 bits per heavy atom. The highest BCUT2D eigenvalue weighted by Crippen LogP contribution is 2.29. The van der Waals surface area contributed by atoms with Gasteiger partial charge in [-0.05, 0) is 36.8 Å². The van der Waals surface area contributed by atoms with E-state index in [0.29, 0.717) is 21.6 Å². The normalized spacial score (nSPS) is 11.9. The number of aromatic nitrogens is 2. The minimum Gasteiger partial charge on any atom is -0.465 e. The van der Waals surface area contributed by atoms with Gasteiger partial charge in [0, 0.05) is 5.56 Å². The maximum absolute atomic E-state index is 12.4. The molecule has 26 heavy (non-hydrogen) atoms. The van der Waals surface area contributed by atoms with E-state index in [0.717, 1.165) is 10.8 Å². The second kappa shape index (κ2) is 8.29. The molecule has 0 aliphatic rings. The summed E-state index contributed by atoms with van der Waals surface area (Å²) in [7, 11) is 0. The van der Waals surface area contributed by atoms with Crippen molar-refractivity contribution in [2.24, 2.45) is 0 Å². The van der Waals surface area contributed by atoms with Crippen LogP contribution >= 0.6 is 23.1 Å². The lowest BCUT2D eigenvalue weighted by molar-refractivity contribution is -0.142. The largest absolute Gasteiger partial charge is 0.465 e. The minimum absolute atomic E-state index is 0.248. The van der Waals surface area contributed by atoms with Gasteiger partial charge in [-0.2, -0.15) is 0 Å². The number of amides is 1. The number of rotatable bonds is 6. The van der Waals surface area contributed by atoms with Gasteiger partial charge in [-0.3, -0.25) is 14.9 Å². The first-order valence-electron chi connectivity index (χ1n) is 8.03. The molecule has 0 unspecified atom stereocenters. The zero-order valence-corrected chi connectivity index (χ0v) is 15.9. The molecule has 8 heteroatoms. The highest BCUT2D eigenvalue weighted by molar-refractivity contribution is 8.02. The minimum atomic E-state index is -0.382. The number of nitrogens with one attached hydrogen (secondary N) is 1. The summed E-state index contributed by atoms with van der Waals surface area (Å²) >= 11 is 2.48. The van der Waals surface area contributed by atoms with Crippen LogP contribution in [0.2, 0.25) is 0 Å². The standard InChI is InChI=1S/C18H17N3O3S2/c1-3-24-16(23)11(2)25-18-21-20-17(26-18)19-15(22)14-9-8-12-6-4-5-7-13(12)10-14/h4-11H,3H2,1-2H3,(H,19,20,22)/t11-/m0/s1. The van der Waals surface area contributed by atoms with Crippen LogP contribution in [0.5, 0.6) is 0 Å². The third-order valence-corrected chi connectivity index (χ3v) is 5.54. The summed E-state index contributed by atoms with van der Waals surface area (Å²) in [4.78, 5) is 24.1. The monoisotopic (exact) mass is 387 g/mol. The maximum atomic E-state index is 12.4. The summed E-state index contributed by atoms with van der Waals surface area (Å²) in [6.07, 6.45) is 0. The van der Waals surface area contributed by atoms with E-state index in [2.05, 4.69) is 15.5 Å². The van der Waals surface area contributed by atoms with Gasteiger partial charge in [0.25, 0.3) is 5.91 Å². The van der Waals surface area contributed by atoms with Crippen molar-refractivity contribution >= 4 is 50.9 Å². The molecule has 6 nitrogen and oxygen atoms in total. The Bertz CT molecular complexity index is 942. The number of nitrogens with zero attached hydrogens (tertiary/aromatic N) is 2. The molecule has 0 bridgehead atoms. The Hall–Kier alpha value is -2.45. The van der Waals surface area contributed by atoms with Gasteiger partial charge in [-0.25, -0.2) is 0 Å². The third kappa shape index (κ3) is 4.39. The maximum Gasteiger partial charge on any atom is 0.319 e. The van der Waals surface area contributed by atoms with Crippen molar-refractivity contribution in [1.29, 1.82) is 0 Å². The number of hydrogen-bond donors (Lipinski definition) is 1. The summed E-state index contributed by atoms with van der Waals surface area (Å²) < 4.78 is 5.56. The molecular formula is C18H17N3O3S2. The van der Waals surface area contributed by atoms with Crippen molar-refractivity contribution in [2.45, 2.75) is 23.4 Å². The summed E-state index contributed by atoms with van der Waals surface area (Å²) in [5.74, 6) is -0.545. The van der Waals surface area contributed by atoms with E-state index < -0.39 is 0 Å². The summed E-state index contributed by atoms with van der Waals surface area (Å²) in [5.41, 5.74) is 0.549. The molecule has 1 aromatic heterocycles. The van der Waals surface area contributed by atoms with Gasteiger partial charge >= 0.3 is 5.97 Å². The van der Waals surface area contributed by atoms with Crippen molar-refractivity contribution in [3.05, 3.63) is 48.0 Å². The number of thioether (sulfide) groups is 1. The fraction of sp³-hybridized carbons (Fsp3) is 0.222. The molecule has 0 radical (unpaired) electrons. The molecule has 1 amide bonds. The van der Waals surface area contributed by atoms with Crippen LogP contribution in [0.3, 0.4) is 0 Å². The van der Waals surface area contributed by atoms with Crippen molar-refractivity contribution in [1.82, 2.24) is 10.2 Å². The van der Waals surface area contributed by atoms with Gasteiger partial charge in [0.05, 0.1) is 6.61 Å². The van der Waals surface area contributed by atoms with Crippen molar-refractivity contribution in [3.8, 4) is 0 Å². The Kier molecular flexibility index (Phi) is 5.85. The number of anilines is 1. The van der Waals surface area contributed by atoms with Crippen LogP contribution in [0.1, 0.15) is 24.2 Å². The van der Waals surface area contributed by atoms with Gasteiger partial charge < -0.3 is 4.74 Å². The van der Waals surface area contributed by atoms with Crippen LogP contribution in [-0.4, -0.2) is 33.9 Å². The first kappa shape index (κ1) is 18.3. The molecule has 1 heterocycles. The summed E-state index contributed by atoms with van der Waals surface area (Å²) in [6.45, 7) is 3.85. The predicted octanol–water partition coefficient (Wildman–Crippen LogP) is 3.99. The number of fused-ring (bicyclic) bond motifs is 1. The molecule has 134 valence electrons. The quantitative estimate of drug-likeness (QED) is 0.391. The fourth-order valence-electron chi connectivity index (χ4n) is 2.27. The van der Waals surface area contributed by atoms with E-state index in [1.807, 2.05) is 36.4 Å². The molecule has 1 atom stereocenters. The van der Waals surface area contributed by atoms with Crippen LogP contribution in [0.15, 0.2) is 46.8 Å². The summed E-state index contributed by atoms with van der Waals surface area (Å²) in [5, 5.41) is 12.8. The van der Waals surface area contributed by atoms with Gasteiger partial charge in [-0.15, -0.1) is 10.2 Å². The average Bonchev–Trinajstić information content (AvgIpc) is 3.08. The van der Waals surface area contributed by atoms with E-state index in [9.17, 15) is 9.59 Å². The topological polar surface area (TPSA) is 81.2 Å². The van der Waals surface area contributed by atoms with Crippen LogP contribution < -0.4 is 5.32 Å². The number of esters is 1. The van der Waals surface area contributed by atoms with Gasteiger partial charge in [0.2, 0.25) is 5.13 Å². The molecule has 3 aromatic rings. The van der Waals surface area contributed by atoms with Crippen molar-refractivity contribution in [2.75, 3.05) is 11.9 Å². The lowest BCUT2D eigenvalue weighted by Gasteiger charge is -2.07. The number of ether oxygens (including phenoxy) is 1. The molecule has 1 N–H and O–H groups in total. The second-order valence-electron chi connectivity index (χ2n) is 5.40. The van der Waals surface area contributed by atoms with E-state index in [-0.39, 0.29) is 17.1 Å². The first-order valence-corrected chi connectivity index (χ1v) is 9.73. The fourth-order valence-corrected chi connectivity index (χ4v) is 4.16. The highest BCUT2D eigenvalue weighted by Gasteiger charge is 2.18. The lowest BCUT2D eigenvalue weighted by Crippen LogP contribution is -2.16. The highest BCUT2D eigenvalue weighted by atomic mass is 32.2. The van der Waals surface area contributed by atoms with E-state index in [1.165, 1.54) is 23.1 Å². The van der Waals surface area contributed by atoms with E-state index in [4.69, 9.17) is 4.74 Å². The molecule has 3 rings (SSSR count). The zero-order chi connectivity index (χ0) is 18.5. The SMILES string of the molecule is CCOC(=O)[C@H](C)Sc1nnc(NC(=O)c2ccc3ccccc3c2)s1. The lowest BCUT2D eigenvalue weighted by atomic mass is 10.1. The Morgan fingerprint density at radius 2 is 1.96 bits per heavy atom. The van der Waals surface area contributed by atoms with Crippen LogP contribution in [-0.2, 0) is 9.53 Å². The molecule has 0 saturated heterocycles. The molecule has 2 aromatic carbocycles. The Morgan fingerprint density at radius 1 is 1.19 bits per heavy atom. The second-order valence-corrected chi connectivity index (χ2v) is 7.97. The van der Waals surface area contributed by atoms with Gasteiger partial charge in [0.1, 0.15) is 5.25 Å². The zero-order valence-electron chi connectivity index (χ0n) is 14.3. The molecule has 0 fully saturated rings. The Labute approximate surface area is 159 Å². The smallest absolute Gasteiger partial charge is 0.319 e. The molecular weight excluding hydrogens is 370 g/mol. The van der Waals surface area contributed by atoms with Crippen LogP contribution in [0.25, 0.3) is 10.8 Å². The average molecular weight is 387 g/mol. The number of benzene rings is 2. The molecule has 0 aliphatic carbocycles. The van der Waals surface area contributed by atoms with Crippen LogP contribution in [0.4, 0.5) is 5.13 Å². The Balaban J connectivity index is 1.66. The van der Waals surface area contributed by atoms with Crippen molar-refractivity contribution in [3.63, 3.8) is 0 Å². The first-order chi connectivity index (χ1) is 12.6. The molecule has 0 aliphatic heterocycles. The van der Waals surface area contributed by atoms with Gasteiger partial charge in [-0.1, -0.05) is 53.4 Å². The summed E-state index contributed by atoms with van der Waals surface area (Å²) in [6, 6.07) is 13.4. The third-order valence-electron chi connectivity index (χ3n) is 3.53. The van der Waals surface area contributed by atoms with E-state index in [1.54, 1.807) is 19.9 Å². The van der Waals surface area contributed by atoms with Crippen molar-refractivity contribution < 1.29 is 14.3 Å². The predicted molar refractivity (Wildman–Crippen MR) is 104 cm³/mol. The molecule has 0 saturated carbocycles. The van der Waals surface area contributed by atoms with E-state index >= 15 is 0 Å². The number of carbonyl (C=O) groups is 2. The van der Waals surface area contributed by atoms with Crippen LogP contribution in [0, 0.1) is 0 Å². The number of hydrogen-bond acceptors (Lipinski definition) is 7. The van der Waals surface area contributed by atoms with Gasteiger partial charge in [0.15, 0.2) is 4.34 Å². The molecule has 0 spiro atoms.